The number of likely N-dealkylation sites (N-methyl/N-ethyl adjacent to an activating group) is 1. The number of nitrogens with one attached hydrogen (secondary N) is 1. The Hall–Kier alpha value is -3.31. The molecular weight excluding hydrogens is 360 g/mol. The third-order valence-corrected chi connectivity index (χ3v) is 5.65. The van der Waals surface area contributed by atoms with Crippen molar-refractivity contribution in [2.75, 3.05) is 18.4 Å². The third-order valence-electron chi connectivity index (χ3n) is 5.65. The molecule has 2 aromatic carbocycles. The van der Waals surface area contributed by atoms with E-state index in [1.54, 1.807) is 6.20 Å². The minimum absolute atomic E-state index is 0.102. The Bertz CT molecular complexity index is 1230. The third kappa shape index (κ3) is 3.23. The van der Waals surface area contributed by atoms with Gasteiger partial charge in [0, 0.05) is 41.5 Å². The lowest BCUT2D eigenvalue weighted by Crippen LogP contribution is -2.33. The highest BCUT2D eigenvalue weighted by Gasteiger charge is 2.25. The quantitative estimate of drug-likeness (QED) is 0.570. The lowest BCUT2D eigenvalue weighted by Gasteiger charge is -2.29. The van der Waals surface area contributed by atoms with Crippen LogP contribution in [-0.4, -0.2) is 33.9 Å². The molecule has 1 aliphatic rings. The van der Waals surface area contributed by atoms with Gasteiger partial charge in [0.1, 0.15) is 0 Å². The van der Waals surface area contributed by atoms with Crippen LogP contribution in [0.4, 0.5) is 5.69 Å². The SMILES string of the molecule is CCN1CCc2nc3ccccc3c(C(=O)Nc3cnc4ccccc4c3)c2C1. The first-order valence-corrected chi connectivity index (χ1v) is 10.0. The summed E-state index contributed by atoms with van der Waals surface area (Å²) in [5.74, 6) is -0.102. The molecule has 0 fully saturated rings. The number of para-hydroxylation sites is 2. The molecule has 0 radical (unpaired) electrons. The van der Waals surface area contributed by atoms with Gasteiger partial charge in [-0.3, -0.25) is 19.7 Å². The zero-order valence-electron chi connectivity index (χ0n) is 16.4. The van der Waals surface area contributed by atoms with Gasteiger partial charge in [-0.2, -0.15) is 0 Å². The van der Waals surface area contributed by atoms with Crippen molar-refractivity contribution in [2.24, 2.45) is 0 Å². The van der Waals surface area contributed by atoms with E-state index in [4.69, 9.17) is 4.98 Å². The maximum atomic E-state index is 13.4. The second-order valence-corrected chi connectivity index (χ2v) is 7.42. The summed E-state index contributed by atoms with van der Waals surface area (Å²) in [5, 5.41) is 4.98. The van der Waals surface area contributed by atoms with Crippen molar-refractivity contribution < 1.29 is 4.79 Å². The zero-order valence-corrected chi connectivity index (χ0v) is 16.4. The van der Waals surface area contributed by atoms with E-state index < -0.39 is 0 Å². The van der Waals surface area contributed by atoms with E-state index in [0.717, 1.165) is 64.7 Å². The van der Waals surface area contributed by atoms with Gasteiger partial charge in [-0.25, -0.2) is 0 Å². The van der Waals surface area contributed by atoms with Crippen LogP contribution in [0.5, 0.6) is 0 Å². The molecule has 0 bridgehead atoms. The van der Waals surface area contributed by atoms with Crippen molar-refractivity contribution in [1.82, 2.24) is 14.9 Å². The zero-order chi connectivity index (χ0) is 19.8. The number of anilines is 1. The molecule has 1 aliphatic heterocycles. The number of benzene rings is 2. The van der Waals surface area contributed by atoms with E-state index in [9.17, 15) is 4.79 Å². The van der Waals surface area contributed by atoms with Gasteiger partial charge in [0.15, 0.2) is 0 Å². The summed E-state index contributed by atoms with van der Waals surface area (Å²) in [6, 6.07) is 17.8. The number of hydrogen-bond acceptors (Lipinski definition) is 4. The van der Waals surface area contributed by atoms with Crippen molar-refractivity contribution in [3.8, 4) is 0 Å². The van der Waals surface area contributed by atoms with Gasteiger partial charge in [0.05, 0.1) is 28.5 Å². The summed E-state index contributed by atoms with van der Waals surface area (Å²) in [5.41, 5.74) is 5.30. The normalized spacial score (nSPS) is 14.1. The van der Waals surface area contributed by atoms with Gasteiger partial charge in [-0.15, -0.1) is 0 Å². The van der Waals surface area contributed by atoms with E-state index in [1.165, 1.54) is 0 Å². The molecular formula is C24H22N4O. The van der Waals surface area contributed by atoms with Gasteiger partial charge in [0.25, 0.3) is 5.91 Å². The molecule has 0 saturated heterocycles. The highest BCUT2D eigenvalue weighted by atomic mass is 16.1. The lowest BCUT2D eigenvalue weighted by atomic mass is 9.95. The summed E-state index contributed by atoms with van der Waals surface area (Å²) in [6.45, 7) is 4.84. The number of carbonyl (C=O) groups excluding carboxylic acids is 1. The molecule has 0 aliphatic carbocycles. The first-order chi connectivity index (χ1) is 14.2. The van der Waals surface area contributed by atoms with Crippen LogP contribution in [0, 0.1) is 0 Å². The minimum atomic E-state index is -0.102. The molecule has 5 rings (SSSR count). The number of nitrogens with zero attached hydrogens (tertiary/aromatic N) is 3. The molecule has 1 N–H and O–H groups in total. The Morgan fingerprint density at radius 2 is 1.90 bits per heavy atom. The number of rotatable bonds is 3. The molecule has 0 saturated carbocycles. The van der Waals surface area contributed by atoms with Crippen molar-refractivity contribution in [3.63, 3.8) is 0 Å². The largest absolute Gasteiger partial charge is 0.321 e. The molecule has 0 spiro atoms. The van der Waals surface area contributed by atoms with Crippen LogP contribution < -0.4 is 5.32 Å². The Kier molecular flexibility index (Phi) is 4.45. The van der Waals surface area contributed by atoms with E-state index in [0.29, 0.717) is 5.69 Å². The second kappa shape index (κ2) is 7.26. The Balaban J connectivity index is 1.59. The smallest absolute Gasteiger partial charge is 0.256 e. The monoisotopic (exact) mass is 382 g/mol. The average molecular weight is 382 g/mol. The Morgan fingerprint density at radius 1 is 1.10 bits per heavy atom. The average Bonchev–Trinajstić information content (AvgIpc) is 2.76. The highest BCUT2D eigenvalue weighted by Crippen LogP contribution is 2.29. The second-order valence-electron chi connectivity index (χ2n) is 7.42. The number of hydrogen-bond donors (Lipinski definition) is 1. The van der Waals surface area contributed by atoms with E-state index >= 15 is 0 Å². The summed E-state index contributed by atoms with van der Waals surface area (Å²) in [6.07, 6.45) is 2.58. The van der Waals surface area contributed by atoms with Crippen LogP contribution in [0.25, 0.3) is 21.8 Å². The number of carbonyl (C=O) groups is 1. The van der Waals surface area contributed by atoms with Crippen LogP contribution in [-0.2, 0) is 13.0 Å². The van der Waals surface area contributed by atoms with Crippen LogP contribution in [0.1, 0.15) is 28.5 Å². The molecule has 144 valence electrons. The molecule has 0 unspecified atom stereocenters. The van der Waals surface area contributed by atoms with Gasteiger partial charge in [-0.05, 0) is 24.7 Å². The standard InChI is InChI=1S/C24H22N4O/c1-2-28-12-11-22-19(15-28)23(18-8-4-6-10-21(18)27-22)24(29)26-17-13-16-7-3-5-9-20(16)25-14-17/h3-10,13-14H,2,11-12,15H2,1H3,(H,26,29). The van der Waals surface area contributed by atoms with E-state index in [1.807, 2.05) is 54.6 Å². The van der Waals surface area contributed by atoms with Gasteiger partial charge in [-0.1, -0.05) is 43.3 Å². The Labute approximate surface area is 169 Å². The maximum absolute atomic E-state index is 13.4. The molecule has 0 atom stereocenters. The lowest BCUT2D eigenvalue weighted by molar-refractivity contribution is 0.102. The van der Waals surface area contributed by atoms with Crippen LogP contribution in [0.3, 0.4) is 0 Å². The Morgan fingerprint density at radius 3 is 2.76 bits per heavy atom. The topological polar surface area (TPSA) is 58.1 Å². The number of aromatic nitrogens is 2. The predicted molar refractivity (Wildman–Crippen MR) is 116 cm³/mol. The van der Waals surface area contributed by atoms with Gasteiger partial charge >= 0.3 is 0 Å². The number of fused-ring (bicyclic) bond motifs is 3. The molecule has 3 heterocycles. The van der Waals surface area contributed by atoms with Crippen LogP contribution >= 0.6 is 0 Å². The van der Waals surface area contributed by atoms with Crippen molar-refractivity contribution in [3.05, 3.63) is 77.6 Å². The number of pyridine rings is 2. The van der Waals surface area contributed by atoms with Crippen LogP contribution in [0.2, 0.25) is 0 Å². The molecule has 4 aromatic rings. The summed E-state index contributed by atoms with van der Waals surface area (Å²) >= 11 is 0. The fourth-order valence-electron chi connectivity index (χ4n) is 4.11. The highest BCUT2D eigenvalue weighted by molar-refractivity contribution is 6.14. The fraction of sp³-hybridized carbons (Fsp3) is 0.208. The first-order valence-electron chi connectivity index (χ1n) is 10.0. The molecule has 5 nitrogen and oxygen atoms in total. The van der Waals surface area contributed by atoms with E-state index in [2.05, 4.69) is 22.1 Å². The fourth-order valence-corrected chi connectivity index (χ4v) is 4.11. The van der Waals surface area contributed by atoms with Crippen molar-refractivity contribution in [2.45, 2.75) is 19.9 Å². The number of amides is 1. The molecule has 2 aromatic heterocycles. The molecule has 1 amide bonds. The first kappa shape index (κ1) is 17.8. The molecule has 5 heteroatoms. The van der Waals surface area contributed by atoms with Crippen molar-refractivity contribution in [1.29, 1.82) is 0 Å². The summed E-state index contributed by atoms with van der Waals surface area (Å²) < 4.78 is 0. The minimum Gasteiger partial charge on any atom is -0.321 e. The van der Waals surface area contributed by atoms with Crippen molar-refractivity contribution >= 4 is 33.4 Å². The van der Waals surface area contributed by atoms with Crippen LogP contribution in [0.15, 0.2) is 60.8 Å². The summed E-state index contributed by atoms with van der Waals surface area (Å²) in [4.78, 5) is 25.1. The molecule has 29 heavy (non-hydrogen) atoms. The summed E-state index contributed by atoms with van der Waals surface area (Å²) in [7, 11) is 0. The maximum Gasteiger partial charge on any atom is 0.256 e. The van der Waals surface area contributed by atoms with E-state index in [-0.39, 0.29) is 5.91 Å². The van der Waals surface area contributed by atoms with Gasteiger partial charge in [0.2, 0.25) is 0 Å². The van der Waals surface area contributed by atoms with Gasteiger partial charge < -0.3 is 5.32 Å². The predicted octanol–water partition coefficient (Wildman–Crippen LogP) is 4.41.